The molecule has 1 saturated heterocycles. The van der Waals surface area contributed by atoms with E-state index in [-0.39, 0.29) is 16.2 Å². The molecule has 3 aromatic heterocycles. The fourth-order valence-electron chi connectivity index (χ4n) is 4.45. The first-order valence-corrected chi connectivity index (χ1v) is 12.0. The molecule has 2 amide bonds. The predicted octanol–water partition coefficient (Wildman–Crippen LogP) is 2.93. The van der Waals surface area contributed by atoms with Gasteiger partial charge in [-0.1, -0.05) is 0 Å². The number of carbonyl (C=O) groups is 2. The van der Waals surface area contributed by atoms with Crippen LogP contribution >= 0.6 is 0 Å². The highest BCUT2D eigenvalue weighted by Crippen LogP contribution is 2.45. The maximum atomic E-state index is 14.7. The van der Waals surface area contributed by atoms with Crippen molar-refractivity contribution in [2.24, 2.45) is 0 Å². The first-order valence-electron chi connectivity index (χ1n) is 12.0. The van der Waals surface area contributed by atoms with E-state index in [9.17, 15) is 58.6 Å². The molecule has 21 heteroatoms. The lowest BCUT2D eigenvalue weighted by atomic mass is 9.97. The second-order valence-corrected chi connectivity index (χ2v) is 9.55. The van der Waals surface area contributed by atoms with Crippen LogP contribution in [0.15, 0.2) is 24.7 Å². The number of carbonyl (C=O) groups excluding carboxylic acids is 2. The number of nitrogen functional groups attached to an aromatic ring is 1. The Morgan fingerprint density at radius 2 is 1.70 bits per heavy atom. The van der Waals surface area contributed by atoms with E-state index in [4.69, 9.17) is 10.5 Å². The van der Waals surface area contributed by atoms with Gasteiger partial charge in [0.25, 0.3) is 11.5 Å². The van der Waals surface area contributed by atoms with E-state index in [2.05, 4.69) is 20.4 Å². The largest absolute Gasteiger partial charge is 0.480 e. The first-order chi connectivity index (χ1) is 20.2. The van der Waals surface area contributed by atoms with Crippen LogP contribution in [0.3, 0.4) is 0 Å². The molecular weight excluding hydrogens is 628 g/mol. The molecule has 240 valence electrons. The van der Waals surface area contributed by atoms with Crippen LogP contribution in [-0.2, 0) is 11.0 Å². The van der Waals surface area contributed by atoms with E-state index in [1.54, 1.807) is 0 Å². The summed E-state index contributed by atoms with van der Waals surface area (Å²) in [6.07, 6.45) is -20.3. The molecule has 0 saturated carbocycles. The summed E-state index contributed by atoms with van der Waals surface area (Å²) in [5.74, 6) is -3.99. The number of nitrogens with zero attached hydrogens (tertiary/aromatic N) is 5. The molecule has 0 bridgehead atoms. The van der Waals surface area contributed by atoms with Gasteiger partial charge in [0, 0.05) is 18.3 Å². The van der Waals surface area contributed by atoms with Crippen LogP contribution in [0.4, 0.5) is 49.7 Å². The lowest BCUT2D eigenvalue weighted by Gasteiger charge is -2.32. The van der Waals surface area contributed by atoms with Crippen LogP contribution in [0.1, 0.15) is 22.3 Å². The molecule has 0 aliphatic carbocycles. The summed E-state index contributed by atoms with van der Waals surface area (Å²) in [6, 6.07) is -0.00503. The molecule has 44 heavy (non-hydrogen) atoms. The van der Waals surface area contributed by atoms with E-state index in [0.717, 1.165) is 30.2 Å². The molecule has 4 heterocycles. The summed E-state index contributed by atoms with van der Waals surface area (Å²) in [5.41, 5.74) is -2.48. The van der Waals surface area contributed by atoms with E-state index in [0.29, 0.717) is 6.07 Å². The summed E-state index contributed by atoms with van der Waals surface area (Å²) in [7, 11) is 1.07. The zero-order valence-corrected chi connectivity index (χ0v) is 21.9. The molecule has 1 fully saturated rings. The Labute approximate surface area is 238 Å². The molecule has 11 nitrogen and oxygen atoms in total. The topological polar surface area (TPSA) is 148 Å². The molecule has 1 aliphatic heterocycles. The number of nitrogens with one attached hydrogen (secondary N) is 1. The number of alkyl halides is 10. The van der Waals surface area contributed by atoms with Crippen LogP contribution < -0.4 is 15.8 Å². The fraction of sp³-hybridized carbons (Fsp3) is 0.435. The minimum absolute atomic E-state index is 0.141. The molecule has 0 aromatic carbocycles. The molecule has 1 aliphatic rings. The van der Waals surface area contributed by atoms with Crippen molar-refractivity contribution in [3.8, 4) is 17.1 Å². The van der Waals surface area contributed by atoms with Gasteiger partial charge in [-0.3, -0.25) is 9.59 Å². The number of pyridine rings is 1. The van der Waals surface area contributed by atoms with Crippen molar-refractivity contribution >= 4 is 23.1 Å². The Hall–Kier alpha value is -4.43. The Balaban J connectivity index is 1.60. The van der Waals surface area contributed by atoms with Gasteiger partial charge in [-0.25, -0.2) is 18.9 Å². The number of ether oxygens (including phenoxy) is 1. The third kappa shape index (κ3) is 5.74. The van der Waals surface area contributed by atoms with Crippen LogP contribution in [0.25, 0.3) is 16.8 Å². The normalized spacial score (nSPS) is 18.1. The Kier molecular flexibility index (Phi) is 8.07. The Bertz CT molecular complexity index is 1570. The van der Waals surface area contributed by atoms with Gasteiger partial charge in [-0.15, -0.1) is 0 Å². The number of fused-ring (bicyclic) bond motifs is 1. The predicted molar refractivity (Wildman–Crippen MR) is 127 cm³/mol. The van der Waals surface area contributed by atoms with E-state index >= 15 is 0 Å². The summed E-state index contributed by atoms with van der Waals surface area (Å²) < 4.78 is 140. The summed E-state index contributed by atoms with van der Waals surface area (Å²) >= 11 is 0. The maximum absolute atomic E-state index is 14.7. The number of hydrogen-bond acceptors (Lipinski definition) is 8. The van der Waals surface area contributed by atoms with E-state index < -0.39 is 96.0 Å². The molecule has 0 radical (unpaired) electrons. The first kappa shape index (κ1) is 32.5. The quantitative estimate of drug-likeness (QED) is 0.346. The number of methoxy groups -OCH3 is 1. The molecule has 3 aromatic rings. The standard InChI is InChI=1S/C23H19F10N7O4/c1-44-19-10(2-9(5-35-19)14-3-11(21(25,26)27)16-17(34)36-8-37-40(14)16)18(42)38-13-7-39(6-12(13)24)15(41)4-20(43,22(28,29)30)23(31,32)33/h2-3,5,8,12-13,43H,4,6-7H2,1H3,(H,38,42)(H2,34,36,37)/t12-,13+/m0/s1. The molecule has 2 atom stereocenters. The molecule has 4 N–H and O–H groups in total. The number of aliphatic hydroxyl groups is 1. The van der Waals surface area contributed by atoms with Crippen LogP contribution in [0, 0.1) is 0 Å². The summed E-state index contributed by atoms with van der Waals surface area (Å²) in [4.78, 5) is 33.0. The zero-order valence-electron chi connectivity index (χ0n) is 21.9. The smallest absolute Gasteiger partial charge is 0.426 e. The lowest BCUT2D eigenvalue weighted by Crippen LogP contribution is -2.59. The third-order valence-corrected chi connectivity index (χ3v) is 6.74. The number of aromatic nitrogens is 4. The molecular formula is C23H19F10N7O4. The Morgan fingerprint density at radius 3 is 2.27 bits per heavy atom. The van der Waals surface area contributed by atoms with Gasteiger partial charge in [0.2, 0.25) is 11.8 Å². The monoisotopic (exact) mass is 647 g/mol. The number of halogens is 10. The SMILES string of the molecule is COc1ncc(-c2cc(C(F)(F)F)c3c(N)ncnn23)cc1C(=O)N[C@@H]1CN(C(=O)CC(O)(C(F)(F)F)C(F)(F)F)C[C@@H]1F. The van der Waals surface area contributed by atoms with Gasteiger partial charge >= 0.3 is 18.5 Å². The van der Waals surface area contributed by atoms with Crippen molar-refractivity contribution in [3.05, 3.63) is 35.8 Å². The van der Waals surface area contributed by atoms with E-state index in [1.807, 2.05) is 0 Å². The van der Waals surface area contributed by atoms with Crippen LogP contribution in [-0.4, -0.2) is 91.8 Å². The minimum Gasteiger partial charge on any atom is -0.480 e. The van der Waals surface area contributed by atoms with Gasteiger partial charge in [-0.05, 0) is 12.1 Å². The number of nitrogens with two attached hydrogens (primary N) is 1. The average Bonchev–Trinajstić information content (AvgIpc) is 3.48. The maximum Gasteiger partial charge on any atom is 0.426 e. The van der Waals surface area contributed by atoms with Crippen molar-refractivity contribution < 1.29 is 63.3 Å². The Morgan fingerprint density at radius 1 is 1.07 bits per heavy atom. The second-order valence-electron chi connectivity index (χ2n) is 9.55. The highest BCUT2D eigenvalue weighted by molar-refractivity contribution is 5.98. The van der Waals surface area contributed by atoms with Crippen molar-refractivity contribution in [2.75, 3.05) is 25.9 Å². The molecule has 0 unspecified atom stereocenters. The second kappa shape index (κ2) is 10.9. The van der Waals surface area contributed by atoms with E-state index in [1.165, 1.54) is 0 Å². The van der Waals surface area contributed by atoms with Crippen molar-refractivity contribution in [3.63, 3.8) is 0 Å². The fourth-order valence-corrected chi connectivity index (χ4v) is 4.45. The van der Waals surface area contributed by atoms with Gasteiger partial charge < -0.3 is 25.8 Å². The molecule has 4 rings (SSSR count). The van der Waals surface area contributed by atoms with Gasteiger partial charge in [-0.2, -0.15) is 44.6 Å². The van der Waals surface area contributed by atoms with Crippen molar-refractivity contribution in [2.45, 2.75) is 42.8 Å². The van der Waals surface area contributed by atoms with Gasteiger partial charge in [0.05, 0.1) is 37.4 Å². The average molecular weight is 647 g/mol. The zero-order chi connectivity index (χ0) is 33.0. The highest BCUT2D eigenvalue weighted by atomic mass is 19.4. The van der Waals surface area contributed by atoms with Crippen molar-refractivity contribution in [1.82, 2.24) is 29.8 Å². The molecule has 0 spiro atoms. The number of anilines is 1. The third-order valence-electron chi connectivity index (χ3n) is 6.74. The summed E-state index contributed by atoms with van der Waals surface area (Å²) in [5, 5.41) is 15.2. The highest BCUT2D eigenvalue weighted by Gasteiger charge is 2.71. The van der Waals surface area contributed by atoms with Crippen LogP contribution in [0.5, 0.6) is 5.88 Å². The van der Waals surface area contributed by atoms with Crippen LogP contribution in [0.2, 0.25) is 0 Å². The number of likely N-dealkylation sites (tertiary alicyclic amines) is 1. The number of amides is 2. The van der Waals surface area contributed by atoms with Gasteiger partial charge in [0.15, 0.2) is 5.82 Å². The lowest BCUT2D eigenvalue weighted by molar-refractivity contribution is -0.367. The van der Waals surface area contributed by atoms with Crippen molar-refractivity contribution in [1.29, 1.82) is 0 Å². The minimum atomic E-state index is -6.29. The number of hydrogen-bond donors (Lipinski definition) is 3. The van der Waals surface area contributed by atoms with Gasteiger partial charge in [0.1, 0.15) is 23.6 Å². The summed E-state index contributed by atoms with van der Waals surface area (Å²) in [6.45, 7) is -1.91. The number of rotatable bonds is 6.